The molecule has 0 spiro atoms. The molecular formula is C31H38FN5O. The Hall–Kier alpha value is -3.32. The minimum atomic E-state index is -0.260. The summed E-state index contributed by atoms with van der Waals surface area (Å²) in [6.07, 6.45) is 7.58. The van der Waals surface area contributed by atoms with Crippen molar-refractivity contribution in [1.82, 2.24) is 14.9 Å². The minimum absolute atomic E-state index is 0.0385. The van der Waals surface area contributed by atoms with Gasteiger partial charge >= 0.3 is 0 Å². The normalized spacial score (nSPS) is 20.1. The van der Waals surface area contributed by atoms with Crippen LogP contribution in [0, 0.1) is 18.7 Å². The zero-order chi connectivity index (χ0) is 26.8. The smallest absolute Gasteiger partial charge is 0.225 e. The van der Waals surface area contributed by atoms with Gasteiger partial charge in [0.1, 0.15) is 12.1 Å². The highest BCUT2D eigenvalue weighted by Gasteiger charge is 2.30. The largest absolute Gasteiger partial charge is 0.365 e. The maximum atomic E-state index is 13.7. The van der Waals surface area contributed by atoms with Gasteiger partial charge in [-0.05, 0) is 72.6 Å². The van der Waals surface area contributed by atoms with Crippen LogP contribution >= 0.6 is 0 Å². The molecule has 0 saturated carbocycles. The number of nitrogens with zero attached hydrogens (tertiary/aromatic N) is 5. The van der Waals surface area contributed by atoms with E-state index in [4.69, 9.17) is 9.97 Å². The molecular weight excluding hydrogens is 477 g/mol. The number of hydrogen-bond donors (Lipinski definition) is 0. The van der Waals surface area contributed by atoms with E-state index in [1.165, 1.54) is 34.5 Å². The van der Waals surface area contributed by atoms with Crippen LogP contribution in [-0.2, 0) is 17.8 Å². The number of benzene rings is 2. The van der Waals surface area contributed by atoms with Gasteiger partial charge in [-0.2, -0.15) is 0 Å². The molecule has 1 aromatic heterocycles. The fourth-order valence-electron chi connectivity index (χ4n) is 6.04. The summed E-state index contributed by atoms with van der Waals surface area (Å²) in [6.45, 7) is 10.3. The van der Waals surface area contributed by atoms with Crippen molar-refractivity contribution < 1.29 is 9.18 Å². The number of aldehydes is 1. The Labute approximate surface area is 225 Å². The molecule has 2 atom stereocenters. The molecule has 38 heavy (non-hydrogen) atoms. The lowest BCUT2D eigenvalue weighted by molar-refractivity contribution is -0.109. The Morgan fingerprint density at radius 2 is 1.89 bits per heavy atom. The van der Waals surface area contributed by atoms with Crippen molar-refractivity contribution in [3.8, 4) is 11.1 Å². The molecule has 7 heteroatoms. The Balaban J connectivity index is 1.32. The molecule has 2 aromatic carbocycles. The Kier molecular flexibility index (Phi) is 7.75. The number of likely N-dealkylation sites (N-methyl/N-ethyl adjacent to an activating group) is 1. The fourth-order valence-corrected chi connectivity index (χ4v) is 6.04. The number of piperazine rings is 1. The van der Waals surface area contributed by atoms with Gasteiger partial charge in [-0.25, -0.2) is 14.4 Å². The molecule has 200 valence electrons. The molecule has 0 amide bonds. The van der Waals surface area contributed by atoms with Gasteiger partial charge in [0, 0.05) is 62.9 Å². The maximum Gasteiger partial charge on any atom is 0.225 e. The van der Waals surface area contributed by atoms with Gasteiger partial charge in [0.05, 0.1) is 6.04 Å². The van der Waals surface area contributed by atoms with Crippen LogP contribution in [0.15, 0.2) is 48.8 Å². The SMILES string of the molecule is Cc1cc(CN2CCN(c3ncc(-c4cccc(F)c4)cn3)[C@H](CC(C)C)C2)cc2c1CCC(C=O)N2C. The monoisotopic (exact) mass is 515 g/mol. The zero-order valence-electron chi connectivity index (χ0n) is 22.9. The van der Waals surface area contributed by atoms with E-state index in [2.05, 4.69) is 47.6 Å². The van der Waals surface area contributed by atoms with E-state index in [1.807, 2.05) is 13.1 Å². The van der Waals surface area contributed by atoms with Gasteiger partial charge in [0.2, 0.25) is 5.95 Å². The van der Waals surface area contributed by atoms with Crippen LogP contribution < -0.4 is 9.80 Å². The minimum Gasteiger partial charge on any atom is -0.365 e. The van der Waals surface area contributed by atoms with Crippen molar-refractivity contribution in [2.45, 2.75) is 58.7 Å². The van der Waals surface area contributed by atoms with Crippen molar-refractivity contribution in [2.24, 2.45) is 5.92 Å². The lowest BCUT2D eigenvalue weighted by Crippen LogP contribution is -2.54. The van der Waals surface area contributed by atoms with Crippen molar-refractivity contribution in [3.05, 3.63) is 71.3 Å². The van der Waals surface area contributed by atoms with E-state index < -0.39 is 0 Å². The van der Waals surface area contributed by atoms with Gasteiger partial charge in [0.25, 0.3) is 0 Å². The first kappa shape index (κ1) is 26.3. The standard InChI is InChI=1S/C31H38FN5O/c1-21(2)12-28-19-36(18-23-13-22(3)29-9-8-27(20-38)35(4)30(29)14-23)10-11-37(28)31-33-16-25(17-34-31)24-6-5-7-26(32)15-24/h5-7,13-17,20-21,27-28H,8-12,18-19H2,1-4H3/t27?,28-/m1/s1. The molecule has 2 aliphatic rings. The third-order valence-electron chi connectivity index (χ3n) is 8.00. The second-order valence-electron chi connectivity index (χ2n) is 11.3. The Bertz CT molecular complexity index is 1280. The number of anilines is 2. The van der Waals surface area contributed by atoms with Gasteiger partial charge in [-0.15, -0.1) is 0 Å². The van der Waals surface area contributed by atoms with Crippen LogP contribution in [0.2, 0.25) is 0 Å². The second-order valence-corrected chi connectivity index (χ2v) is 11.3. The number of rotatable bonds is 7. The van der Waals surface area contributed by atoms with Crippen LogP contribution in [0.5, 0.6) is 0 Å². The van der Waals surface area contributed by atoms with Crippen LogP contribution in [0.1, 0.15) is 43.4 Å². The molecule has 5 rings (SSSR count). The highest BCUT2D eigenvalue weighted by Crippen LogP contribution is 2.33. The summed E-state index contributed by atoms with van der Waals surface area (Å²) in [5.74, 6) is 1.03. The third kappa shape index (κ3) is 5.58. The number of halogens is 1. The maximum absolute atomic E-state index is 13.7. The predicted octanol–water partition coefficient (Wildman–Crippen LogP) is 5.28. The van der Waals surface area contributed by atoms with E-state index in [0.29, 0.717) is 12.0 Å². The molecule has 3 aromatic rings. The average Bonchev–Trinajstić information content (AvgIpc) is 2.89. The molecule has 0 bridgehead atoms. The summed E-state index contributed by atoms with van der Waals surface area (Å²) in [5.41, 5.74) is 6.79. The van der Waals surface area contributed by atoms with Gasteiger partial charge in [-0.3, -0.25) is 4.90 Å². The van der Waals surface area contributed by atoms with Crippen molar-refractivity contribution >= 4 is 17.9 Å². The Morgan fingerprint density at radius 1 is 1.11 bits per heavy atom. The number of aromatic nitrogens is 2. The molecule has 1 unspecified atom stereocenters. The van der Waals surface area contributed by atoms with E-state index in [9.17, 15) is 9.18 Å². The predicted molar refractivity (Wildman–Crippen MR) is 151 cm³/mol. The average molecular weight is 516 g/mol. The fraction of sp³-hybridized carbons (Fsp3) is 0.452. The lowest BCUT2D eigenvalue weighted by atomic mass is 9.91. The summed E-state index contributed by atoms with van der Waals surface area (Å²) < 4.78 is 13.7. The molecule has 1 fully saturated rings. The molecule has 0 radical (unpaired) electrons. The molecule has 0 aliphatic carbocycles. The van der Waals surface area contributed by atoms with Crippen molar-refractivity contribution in [1.29, 1.82) is 0 Å². The summed E-state index contributed by atoms with van der Waals surface area (Å²) >= 11 is 0. The first-order chi connectivity index (χ1) is 18.3. The number of carbonyl (C=O) groups excluding carboxylic acids is 1. The topological polar surface area (TPSA) is 52.6 Å². The van der Waals surface area contributed by atoms with Gasteiger partial charge in [0.15, 0.2) is 0 Å². The van der Waals surface area contributed by atoms with E-state index in [0.717, 1.165) is 68.8 Å². The van der Waals surface area contributed by atoms with E-state index in [-0.39, 0.29) is 11.9 Å². The van der Waals surface area contributed by atoms with Crippen LogP contribution in [-0.4, -0.2) is 59.9 Å². The second kappa shape index (κ2) is 11.2. The first-order valence-electron chi connectivity index (χ1n) is 13.7. The van der Waals surface area contributed by atoms with Gasteiger partial charge < -0.3 is 14.6 Å². The van der Waals surface area contributed by atoms with Crippen LogP contribution in [0.3, 0.4) is 0 Å². The Morgan fingerprint density at radius 3 is 2.61 bits per heavy atom. The molecule has 1 saturated heterocycles. The van der Waals surface area contributed by atoms with Crippen molar-refractivity contribution in [2.75, 3.05) is 36.5 Å². The summed E-state index contributed by atoms with van der Waals surface area (Å²) in [5, 5.41) is 0. The van der Waals surface area contributed by atoms with Gasteiger partial charge in [-0.1, -0.05) is 32.0 Å². The first-order valence-corrected chi connectivity index (χ1v) is 13.7. The van der Waals surface area contributed by atoms with Crippen molar-refractivity contribution in [3.63, 3.8) is 0 Å². The van der Waals surface area contributed by atoms with E-state index >= 15 is 0 Å². The van der Waals surface area contributed by atoms with Crippen LogP contribution in [0.25, 0.3) is 11.1 Å². The molecule has 2 aliphatic heterocycles. The summed E-state index contributed by atoms with van der Waals surface area (Å²) in [4.78, 5) is 28.0. The number of fused-ring (bicyclic) bond motifs is 1. The summed E-state index contributed by atoms with van der Waals surface area (Å²) in [6, 6.07) is 11.4. The summed E-state index contributed by atoms with van der Waals surface area (Å²) in [7, 11) is 2.04. The van der Waals surface area contributed by atoms with Crippen LogP contribution in [0.4, 0.5) is 16.0 Å². The molecule has 3 heterocycles. The quantitative estimate of drug-likeness (QED) is 0.399. The third-order valence-corrected chi connectivity index (χ3v) is 8.00. The molecule has 6 nitrogen and oxygen atoms in total. The number of aryl methyl sites for hydroxylation is 1. The van der Waals surface area contributed by atoms with E-state index in [1.54, 1.807) is 18.5 Å². The number of carbonyl (C=O) groups is 1. The molecule has 0 N–H and O–H groups in total. The lowest BCUT2D eigenvalue weighted by Gasteiger charge is -2.42. The zero-order valence-corrected chi connectivity index (χ0v) is 22.9. The number of hydrogen-bond acceptors (Lipinski definition) is 6. The highest BCUT2D eigenvalue weighted by atomic mass is 19.1. The highest BCUT2D eigenvalue weighted by molar-refractivity contribution is 5.71.